The second kappa shape index (κ2) is 11.7. The van der Waals surface area contributed by atoms with E-state index in [1.165, 1.54) is 7.11 Å². The van der Waals surface area contributed by atoms with Crippen LogP contribution in [0.15, 0.2) is 24.3 Å². The lowest BCUT2D eigenvalue weighted by Gasteiger charge is -2.26. The van der Waals surface area contributed by atoms with E-state index >= 15 is 0 Å². The minimum Gasteiger partial charge on any atom is -0.496 e. The number of Topliss-reactive ketones (excluding diaryl/α,β-unsaturated/α-hetero) is 1. The Morgan fingerprint density at radius 1 is 1.18 bits per heavy atom. The number of carbonyl (C=O) groups excluding carboxylic acids is 5. The number of hydrogen-bond acceptors (Lipinski definition) is 7. The number of ether oxygens (including phenoxy) is 2. The summed E-state index contributed by atoms with van der Waals surface area (Å²) in [6.45, 7) is 0.00784. The van der Waals surface area contributed by atoms with Gasteiger partial charge in [0.15, 0.2) is 17.8 Å². The van der Waals surface area contributed by atoms with Crippen LogP contribution in [0.4, 0.5) is 13.2 Å². The molecule has 212 valence electrons. The van der Waals surface area contributed by atoms with Gasteiger partial charge in [0.1, 0.15) is 11.4 Å². The lowest BCUT2D eigenvalue weighted by molar-refractivity contribution is -0.224. The maximum Gasteiger partial charge on any atom is 0.404 e. The van der Waals surface area contributed by atoms with Gasteiger partial charge in [0, 0.05) is 23.4 Å². The van der Waals surface area contributed by atoms with Gasteiger partial charge in [-0.3, -0.25) is 24.0 Å². The monoisotopic (exact) mass is 554 g/mol. The van der Waals surface area contributed by atoms with Crippen molar-refractivity contribution >= 4 is 40.4 Å². The SMILES string of the molecule is COc1cccc2[nH]c(C(=O)NCC(=O)N[C@@H](C[C@@H]3CCNC3=O)C(=O)COC(=O)C(C)(C)C(F)(F)F)cc12. The van der Waals surface area contributed by atoms with E-state index in [0.29, 0.717) is 43.5 Å². The highest BCUT2D eigenvalue weighted by Gasteiger charge is 2.54. The number of benzene rings is 1. The Morgan fingerprint density at radius 2 is 1.90 bits per heavy atom. The number of aromatic amines is 1. The Hall–Kier alpha value is -4.10. The van der Waals surface area contributed by atoms with E-state index in [4.69, 9.17) is 4.74 Å². The van der Waals surface area contributed by atoms with Gasteiger partial charge in [0.2, 0.25) is 11.8 Å². The molecule has 2 aromatic rings. The van der Waals surface area contributed by atoms with Gasteiger partial charge >= 0.3 is 12.1 Å². The second-order valence-corrected chi connectivity index (χ2v) is 9.58. The molecule has 39 heavy (non-hydrogen) atoms. The summed E-state index contributed by atoms with van der Waals surface area (Å²) in [4.78, 5) is 64.8. The number of amides is 3. The molecule has 0 radical (unpaired) electrons. The number of aromatic nitrogens is 1. The number of H-pyrrole nitrogens is 1. The molecule has 14 heteroatoms. The van der Waals surface area contributed by atoms with E-state index < -0.39 is 60.3 Å². The largest absolute Gasteiger partial charge is 0.496 e. The predicted molar refractivity (Wildman–Crippen MR) is 131 cm³/mol. The van der Waals surface area contributed by atoms with Crippen molar-refractivity contribution in [2.75, 3.05) is 26.8 Å². The summed E-state index contributed by atoms with van der Waals surface area (Å²) < 4.78 is 49.1. The topological polar surface area (TPSA) is 156 Å². The first kappa shape index (κ1) is 29.5. The standard InChI is InChI=1S/C25H29F3N4O7/c1-24(2,25(26,27)28)23(37)39-12-18(33)16(9-13-7-8-29-21(13)35)32-20(34)11-30-22(36)17-10-14-15(31-17)5-4-6-19(14)38-3/h4-6,10,13,16,31H,7-9,11-12H2,1-3H3,(H,29,35)(H,30,36)(H,32,34)/t13-,16-/m0/s1. The first-order valence-electron chi connectivity index (χ1n) is 12.0. The minimum absolute atomic E-state index is 0.150. The molecule has 1 aromatic carbocycles. The number of rotatable bonds is 11. The number of ketones is 1. The maximum absolute atomic E-state index is 13.1. The van der Waals surface area contributed by atoms with Crippen LogP contribution in [0.1, 0.15) is 37.2 Å². The van der Waals surface area contributed by atoms with E-state index in [9.17, 15) is 37.1 Å². The Labute approximate surface area is 221 Å². The van der Waals surface area contributed by atoms with Crippen molar-refractivity contribution < 1.29 is 46.6 Å². The zero-order valence-electron chi connectivity index (χ0n) is 21.5. The van der Waals surface area contributed by atoms with Gasteiger partial charge in [-0.05, 0) is 44.9 Å². The smallest absolute Gasteiger partial charge is 0.404 e. The lowest BCUT2D eigenvalue weighted by Crippen LogP contribution is -2.48. The van der Waals surface area contributed by atoms with Crippen molar-refractivity contribution in [1.82, 2.24) is 20.9 Å². The first-order chi connectivity index (χ1) is 18.2. The molecule has 2 heterocycles. The van der Waals surface area contributed by atoms with Crippen molar-refractivity contribution in [2.24, 2.45) is 11.3 Å². The first-order valence-corrected chi connectivity index (χ1v) is 12.0. The average Bonchev–Trinajstić information content (AvgIpc) is 3.50. The molecule has 0 aliphatic carbocycles. The summed E-state index contributed by atoms with van der Waals surface area (Å²) in [5, 5.41) is 8.03. The van der Waals surface area contributed by atoms with Crippen molar-refractivity contribution in [3.8, 4) is 5.75 Å². The van der Waals surface area contributed by atoms with E-state index in [-0.39, 0.29) is 18.0 Å². The van der Waals surface area contributed by atoms with E-state index in [2.05, 4.69) is 25.7 Å². The van der Waals surface area contributed by atoms with Gasteiger partial charge in [-0.15, -0.1) is 0 Å². The number of nitrogens with one attached hydrogen (secondary N) is 4. The molecule has 1 aliphatic heterocycles. The Morgan fingerprint density at radius 3 is 2.51 bits per heavy atom. The van der Waals surface area contributed by atoms with Crippen molar-refractivity contribution in [2.45, 2.75) is 38.9 Å². The highest BCUT2D eigenvalue weighted by Crippen LogP contribution is 2.38. The molecule has 4 N–H and O–H groups in total. The van der Waals surface area contributed by atoms with Crippen LogP contribution >= 0.6 is 0 Å². The van der Waals surface area contributed by atoms with Gasteiger partial charge in [-0.25, -0.2) is 0 Å². The van der Waals surface area contributed by atoms with Gasteiger partial charge in [-0.2, -0.15) is 13.2 Å². The number of halogens is 3. The summed E-state index contributed by atoms with van der Waals surface area (Å²) in [6.07, 6.45) is -4.69. The van der Waals surface area contributed by atoms with Crippen LogP contribution in [0.3, 0.4) is 0 Å². The fraction of sp³-hybridized carbons (Fsp3) is 0.480. The van der Waals surface area contributed by atoms with Crippen LogP contribution in [0.2, 0.25) is 0 Å². The van der Waals surface area contributed by atoms with Crippen LogP contribution in [0, 0.1) is 11.3 Å². The molecule has 11 nitrogen and oxygen atoms in total. The summed E-state index contributed by atoms with van der Waals surface area (Å²) in [7, 11) is 1.48. The molecule has 1 aromatic heterocycles. The minimum atomic E-state index is -4.91. The fourth-order valence-corrected chi connectivity index (χ4v) is 3.89. The van der Waals surface area contributed by atoms with Crippen LogP contribution < -0.4 is 20.7 Å². The van der Waals surface area contributed by atoms with Crippen LogP contribution in [-0.4, -0.2) is 73.5 Å². The zero-order valence-corrected chi connectivity index (χ0v) is 21.5. The quantitative estimate of drug-likeness (QED) is 0.308. The van der Waals surface area contributed by atoms with E-state index in [1.54, 1.807) is 24.3 Å². The molecule has 1 fully saturated rings. The zero-order chi connectivity index (χ0) is 29.0. The number of hydrogen-bond donors (Lipinski definition) is 4. The van der Waals surface area contributed by atoms with Crippen molar-refractivity contribution in [3.05, 3.63) is 30.0 Å². The molecule has 1 saturated heterocycles. The van der Waals surface area contributed by atoms with Crippen LogP contribution in [0.5, 0.6) is 5.75 Å². The Kier molecular flexibility index (Phi) is 8.87. The lowest BCUT2D eigenvalue weighted by atomic mass is 9.93. The molecule has 3 rings (SSSR count). The molecule has 0 spiro atoms. The number of carbonyl (C=O) groups is 5. The fourth-order valence-electron chi connectivity index (χ4n) is 3.89. The normalized spacial score (nSPS) is 16.4. The third-order valence-corrected chi connectivity index (χ3v) is 6.47. The Bertz CT molecular complexity index is 1270. The second-order valence-electron chi connectivity index (χ2n) is 9.58. The molecule has 0 unspecified atom stereocenters. The average molecular weight is 555 g/mol. The summed E-state index contributed by atoms with van der Waals surface area (Å²) in [5.74, 6) is -4.42. The molecule has 1 aliphatic rings. The number of methoxy groups -OCH3 is 1. The highest BCUT2D eigenvalue weighted by molar-refractivity contribution is 6.01. The number of fused-ring (bicyclic) bond motifs is 1. The van der Waals surface area contributed by atoms with Gasteiger partial charge in [0.05, 0.1) is 19.7 Å². The highest BCUT2D eigenvalue weighted by atomic mass is 19.4. The number of alkyl halides is 3. The van der Waals surface area contributed by atoms with Gasteiger partial charge < -0.3 is 30.4 Å². The van der Waals surface area contributed by atoms with Crippen molar-refractivity contribution in [3.63, 3.8) is 0 Å². The molecule has 2 atom stereocenters. The molecule has 0 saturated carbocycles. The van der Waals surface area contributed by atoms with E-state index in [0.717, 1.165) is 0 Å². The molecular formula is C25H29F3N4O7. The summed E-state index contributed by atoms with van der Waals surface area (Å²) in [5.41, 5.74) is -2.07. The van der Waals surface area contributed by atoms with Crippen LogP contribution in [0.25, 0.3) is 10.9 Å². The van der Waals surface area contributed by atoms with Gasteiger partial charge in [0.25, 0.3) is 5.91 Å². The third kappa shape index (κ3) is 6.86. The molecule has 0 bridgehead atoms. The van der Waals surface area contributed by atoms with E-state index in [1.807, 2.05) is 0 Å². The molecular weight excluding hydrogens is 525 g/mol. The molecule has 3 amide bonds. The summed E-state index contributed by atoms with van der Waals surface area (Å²) in [6, 6.07) is 5.38. The maximum atomic E-state index is 13.1. The Balaban J connectivity index is 1.63. The third-order valence-electron chi connectivity index (χ3n) is 6.47. The number of esters is 1. The summed E-state index contributed by atoms with van der Waals surface area (Å²) >= 11 is 0. The van der Waals surface area contributed by atoms with Crippen LogP contribution in [-0.2, 0) is 23.9 Å². The van der Waals surface area contributed by atoms with Gasteiger partial charge in [-0.1, -0.05) is 6.07 Å². The van der Waals surface area contributed by atoms with Crippen molar-refractivity contribution in [1.29, 1.82) is 0 Å². The predicted octanol–water partition coefficient (Wildman–Crippen LogP) is 1.62.